The number of aryl methyl sites for hydroxylation is 1. The second-order valence-corrected chi connectivity index (χ2v) is 3.82. The predicted molar refractivity (Wildman–Crippen MR) is 66.5 cm³/mol. The first-order chi connectivity index (χ1) is 8.99. The number of aromatic nitrogens is 1. The second kappa shape index (κ2) is 4.89. The summed E-state index contributed by atoms with van der Waals surface area (Å²) in [6, 6.07) is 4.93. The Labute approximate surface area is 107 Å². The van der Waals surface area contributed by atoms with Crippen LogP contribution in [0.3, 0.4) is 0 Å². The first kappa shape index (κ1) is 12.7. The molecule has 98 valence electrons. The molecule has 0 saturated carbocycles. The number of ether oxygens (including phenoxy) is 1. The third kappa shape index (κ3) is 2.59. The lowest BCUT2D eigenvalue weighted by molar-refractivity contribution is -0.387. The zero-order chi connectivity index (χ0) is 14.0. The van der Waals surface area contributed by atoms with Gasteiger partial charge in [-0.2, -0.15) is 4.39 Å². The topological polar surface area (TPSA) is 91.3 Å². The van der Waals surface area contributed by atoms with Crippen molar-refractivity contribution >= 4 is 11.4 Å². The van der Waals surface area contributed by atoms with E-state index in [2.05, 4.69) is 4.98 Å². The van der Waals surface area contributed by atoms with Gasteiger partial charge in [-0.25, -0.2) is 4.98 Å². The minimum atomic E-state index is -0.978. The second-order valence-electron chi connectivity index (χ2n) is 3.82. The van der Waals surface area contributed by atoms with Crippen LogP contribution in [0.5, 0.6) is 11.6 Å². The molecule has 0 spiro atoms. The molecule has 0 saturated heterocycles. The van der Waals surface area contributed by atoms with Gasteiger partial charge in [0.25, 0.3) is 0 Å². The fourth-order valence-corrected chi connectivity index (χ4v) is 1.44. The van der Waals surface area contributed by atoms with Crippen LogP contribution in [0.4, 0.5) is 15.8 Å². The fraction of sp³-hybridized carbons (Fsp3) is 0.0833. The molecule has 0 fully saturated rings. The Morgan fingerprint density at radius 1 is 1.42 bits per heavy atom. The Hall–Kier alpha value is -2.70. The molecular weight excluding hydrogens is 253 g/mol. The number of nitrogen functional groups attached to an aromatic ring is 1. The Morgan fingerprint density at radius 3 is 2.79 bits per heavy atom. The Morgan fingerprint density at radius 2 is 2.16 bits per heavy atom. The van der Waals surface area contributed by atoms with Crippen molar-refractivity contribution in [3.05, 3.63) is 52.0 Å². The molecule has 0 aliphatic carbocycles. The largest absolute Gasteiger partial charge is 0.437 e. The zero-order valence-electron chi connectivity index (χ0n) is 9.96. The van der Waals surface area contributed by atoms with E-state index in [1.165, 1.54) is 12.3 Å². The summed E-state index contributed by atoms with van der Waals surface area (Å²) in [4.78, 5) is 13.6. The van der Waals surface area contributed by atoms with E-state index >= 15 is 0 Å². The van der Waals surface area contributed by atoms with Gasteiger partial charge >= 0.3 is 5.69 Å². The van der Waals surface area contributed by atoms with Gasteiger partial charge in [0.2, 0.25) is 11.7 Å². The maximum Gasteiger partial charge on any atom is 0.305 e. The van der Waals surface area contributed by atoms with Crippen LogP contribution in [-0.2, 0) is 0 Å². The molecule has 0 amide bonds. The van der Waals surface area contributed by atoms with Gasteiger partial charge in [-0.1, -0.05) is 0 Å². The monoisotopic (exact) mass is 263 g/mol. The Bertz CT molecular complexity index is 646. The number of nitro benzene ring substituents is 1. The molecule has 0 bridgehead atoms. The number of halogens is 1. The van der Waals surface area contributed by atoms with Crippen molar-refractivity contribution in [2.45, 2.75) is 6.92 Å². The number of benzene rings is 1. The Kier molecular flexibility index (Phi) is 3.28. The summed E-state index contributed by atoms with van der Waals surface area (Å²) in [5, 5.41) is 10.5. The molecule has 6 nitrogen and oxygen atoms in total. The van der Waals surface area contributed by atoms with Gasteiger partial charge < -0.3 is 10.5 Å². The van der Waals surface area contributed by atoms with Crippen molar-refractivity contribution in [1.29, 1.82) is 0 Å². The smallest absolute Gasteiger partial charge is 0.305 e. The third-order valence-corrected chi connectivity index (χ3v) is 2.50. The number of rotatable bonds is 3. The number of nitrogens with zero attached hydrogens (tertiary/aromatic N) is 2. The average Bonchev–Trinajstić information content (AvgIpc) is 2.34. The molecule has 2 aromatic rings. The van der Waals surface area contributed by atoms with Gasteiger partial charge in [0, 0.05) is 18.3 Å². The van der Waals surface area contributed by atoms with Crippen LogP contribution >= 0.6 is 0 Å². The number of nitrogens with two attached hydrogens (primary N) is 1. The molecular formula is C12H10FN3O3. The van der Waals surface area contributed by atoms with E-state index in [9.17, 15) is 14.5 Å². The predicted octanol–water partition coefficient (Wildman–Crippen LogP) is 2.81. The van der Waals surface area contributed by atoms with Crippen LogP contribution in [0.2, 0.25) is 0 Å². The quantitative estimate of drug-likeness (QED) is 0.679. The normalized spacial score (nSPS) is 10.2. The summed E-state index contributed by atoms with van der Waals surface area (Å²) < 4.78 is 18.7. The van der Waals surface area contributed by atoms with E-state index in [-0.39, 0.29) is 11.6 Å². The van der Waals surface area contributed by atoms with Gasteiger partial charge in [-0.05, 0) is 24.6 Å². The molecule has 0 unspecified atom stereocenters. The average molecular weight is 263 g/mol. The lowest BCUT2D eigenvalue weighted by Crippen LogP contribution is -1.98. The van der Waals surface area contributed by atoms with Crippen molar-refractivity contribution in [3.8, 4) is 11.6 Å². The minimum Gasteiger partial charge on any atom is -0.437 e. The molecule has 1 aromatic carbocycles. The SMILES string of the molecule is Cc1ccnc(Oc2ccc([N+](=O)[O-])c(F)c2)c1N. The third-order valence-electron chi connectivity index (χ3n) is 2.50. The first-order valence-corrected chi connectivity index (χ1v) is 5.32. The lowest BCUT2D eigenvalue weighted by Gasteiger charge is -2.08. The lowest BCUT2D eigenvalue weighted by atomic mass is 10.2. The summed E-state index contributed by atoms with van der Waals surface area (Å²) in [5.41, 5.74) is 6.25. The maximum atomic E-state index is 13.4. The summed E-state index contributed by atoms with van der Waals surface area (Å²) in [5.74, 6) is -0.755. The van der Waals surface area contributed by atoms with Crippen LogP contribution in [0, 0.1) is 22.9 Å². The van der Waals surface area contributed by atoms with Crippen molar-refractivity contribution in [3.63, 3.8) is 0 Å². The van der Waals surface area contributed by atoms with Gasteiger partial charge in [-0.3, -0.25) is 10.1 Å². The van der Waals surface area contributed by atoms with E-state index < -0.39 is 16.4 Å². The van der Waals surface area contributed by atoms with Gasteiger partial charge in [0.05, 0.1) is 10.6 Å². The molecule has 1 heterocycles. The van der Waals surface area contributed by atoms with E-state index in [0.717, 1.165) is 17.7 Å². The molecule has 0 radical (unpaired) electrons. The number of anilines is 1. The number of hydrogen-bond acceptors (Lipinski definition) is 5. The summed E-state index contributed by atoms with van der Waals surface area (Å²) in [6.45, 7) is 1.78. The van der Waals surface area contributed by atoms with Crippen molar-refractivity contribution in [2.75, 3.05) is 5.73 Å². The maximum absolute atomic E-state index is 13.4. The zero-order valence-corrected chi connectivity index (χ0v) is 9.96. The Balaban J connectivity index is 2.32. The van der Waals surface area contributed by atoms with Crippen LogP contribution in [0.25, 0.3) is 0 Å². The minimum absolute atomic E-state index is 0.0906. The summed E-state index contributed by atoms with van der Waals surface area (Å²) in [7, 11) is 0. The van der Waals surface area contributed by atoms with Crippen LogP contribution in [0.1, 0.15) is 5.56 Å². The van der Waals surface area contributed by atoms with Crippen molar-refractivity contribution < 1.29 is 14.1 Å². The standard InChI is InChI=1S/C12H10FN3O3/c1-7-4-5-15-12(11(7)14)19-8-2-3-10(16(17)18)9(13)6-8/h2-6H,14H2,1H3. The highest BCUT2D eigenvalue weighted by molar-refractivity contribution is 5.55. The number of pyridine rings is 1. The van der Waals surface area contributed by atoms with Gasteiger partial charge in [0.15, 0.2) is 0 Å². The molecule has 1 aromatic heterocycles. The first-order valence-electron chi connectivity index (χ1n) is 5.32. The summed E-state index contributed by atoms with van der Waals surface area (Å²) >= 11 is 0. The fourth-order valence-electron chi connectivity index (χ4n) is 1.44. The number of nitro groups is 1. The van der Waals surface area contributed by atoms with E-state index in [1.54, 1.807) is 13.0 Å². The summed E-state index contributed by atoms with van der Waals surface area (Å²) in [6.07, 6.45) is 1.50. The highest BCUT2D eigenvalue weighted by atomic mass is 19.1. The molecule has 0 atom stereocenters. The van der Waals surface area contributed by atoms with E-state index in [4.69, 9.17) is 10.5 Å². The molecule has 2 rings (SSSR count). The highest BCUT2D eigenvalue weighted by Gasteiger charge is 2.15. The number of hydrogen-bond donors (Lipinski definition) is 1. The van der Waals surface area contributed by atoms with Crippen LogP contribution in [-0.4, -0.2) is 9.91 Å². The van der Waals surface area contributed by atoms with Gasteiger partial charge in [-0.15, -0.1) is 0 Å². The molecule has 2 N–H and O–H groups in total. The molecule has 0 aliphatic heterocycles. The van der Waals surface area contributed by atoms with Gasteiger partial charge in [0.1, 0.15) is 5.75 Å². The highest BCUT2D eigenvalue weighted by Crippen LogP contribution is 2.29. The molecule has 0 aliphatic rings. The van der Waals surface area contributed by atoms with E-state index in [1.807, 2.05) is 0 Å². The molecule has 7 heteroatoms. The van der Waals surface area contributed by atoms with E-state index in [0.29, 0.717) is 5.69 Å². The van der Waals surface area contributed by atoms with Crippen molar-refractivity contribution in [1.82, 2.24) is 4.98 Å². The molecule has 19 heavy (non-hydrogen) atoms. The van der Waals surface area contributed by atoms with Crippen molar-refractivity contribution in [2.24, 2.45) is 0 Å². The van der Waals surface area contributed by atoms with Crippen LogP contribution in [0.15, 0.2) is 30.5 Å². The van der Waals surface area contributed by atoms with Crippen LogP contribution < -0.4 is 10.5 Å².